The van der Waals surface area contributed by atoms with E-state index in [1.807, 2.05) is 30.3 Å². The normalized spacial score (nSPS) is 10.7. The Kier molecular flexibility index (Phi) is 2.66. The Labute approximate surface area is 87.5 Å². The highest BCUT2D eigenvalue weighted by atomic mass is 35.5. The summed E-state index contributed by atoms with van der Waals surface area (Å²) < 4.78 is 5.03. The number of halogens is 1. The van der Waals surface area contributed by atoms with Gasteiger partial charge in [-0.3, -0.25) is 0 Å². The maximum Gasteiger partial charge on any atom is 0.135 e. The molecule has 0 amide bonds. The van der Waals surface area contributed by atoms with Crippen molar-refractivity contribution in [1.82, 2.24) is 4.98 Å². The minimum Gasteiger partial charge on any atom is -0.380 e. The minimum atomic E-state index is 0.497. The average molecular weight is 208 g/mol. The number of fused-ring (bicyclic) bond motifs is 1. The van der Waals surface area contributed by atoms with E-state index in [4.69, 9.17) is 16.3 Å². The summed E-state index contributed by atoms with van der Waals surface area (Å²) in [5.74, 6) is 0. The van der Waals surface area contributed by atoms with Crippen molar-refractivity contribution < 1.29 is 4.74 Å². The lowest BCUT2D eigenvalue weighted by Crippen LogP contribution is -1.92. The molecule has 14 heavy (non-hydrogen) atoms. The van der Waals surface area contributed by atoms with Gasteiger partial charge < -0.3 is 4.74 Å². The third-order valence-corrected chi connectivity index (χ3v) is 2.38. The fourth-order valence-corrected chi connectivity index (χ4v) is 1.59. The van der Waals surface area contributed by atoms with Crippen LogP contribution in [0.3, 0.4) is 0 Å². The zero-order valence-electron chi connectivity index (χ0n) is 7.83. The summed E-state index contributed by atoms with van der Waals surface area (Å²) in [7, 11) is 1.64. The summed E-state index contributed by atoms with van der Waals surface area (Å²) in [5, 5.41) is 1.61. The predicted octanol–water partition coefficient (Wildman–Crippen LogP) is 3.03. The molecule has 0 fully saturated rings. The number of hydrogen-bond acceptors (Lipinski definition) is 2. The molecule has 0 aliphatic rings. The van der Waals surface area contributed by atoms with Gasteiger partial charge in [0.25, 0.3) is 0 Å². The summed E-state index contributed by atoms with van der Waals surface area (Å²) in [5.41, 5.74) is 1.84. The number of rotatable bonds is 2. The van der Waals surface area contributed by atoms with Gasteiger partial charge >= 0.3 is 0 Å². The summed E-state index contributed by atoms with van der Waals surface area (Å²) in [6.45, 7) is 0.497. The molecule has 0 radical (unpaired) electrons. The first-order chi connectivity index (χ1) is 6.81. The molecule has 0 atom stereocenters. The van der Waals surface area contributed by atoms with E-state index >= 15 is 0 Å². The van der Waals surface area contributed by atoms with Crippen LogP contribution in [0.5, 0.6) is 0 Å². The fraction of sp³-hybridized carbons (Fsp3) is 0.182. The Bertz CT molecular complexity index is 456. The Morgan fingerprint density at radius 3 is 2.93 bits per heavy atom. The number of nitrogens with zero attached hydrogens (tertiary/aromatic N) is 1. The van der Waals surface area contributed by atoms with Crippen molar-refractivity contribution in [3.8, 4) is 0 Å². The molecule has 0 saturated carbocycles. The van der Waals surface area contributed by atoms with Gasteiger partial charge in [0.1, 0.15) is 5.15 Å². The third kappa shape index (κ3) is 1.72. The lowest BCUT2D eigenvalue weighted by molar-refractivity contribution is 0.185. The van der Waals surface area contributed by atoms with Crippen LogP contribution in [0.2, 0.25) is 5.15 Å². The summed E-state index contributed by atoms with van der Waals surface area (Å²) in [6.07, 6.45) is 0. The van der Waals surface area contributed by atoms with Gasteiger partial charge in [0.15, 0.2) is 0 Å². The van der Waals surface area contributed by atoms with Gasteiger partial charge in [-0.1, -0.05) is 29.8 Å². The molecule has 0 N–H and O–H groups in total. The van der Waals surface area contributed by atoms with Crippen molar-refractivity contribution in [3.63, 3.8) is 0 Å². The molecule has 0 unspecified atom stereocenters. The third-order valence-electron chi connectivity index (χ3n) is 2.05. The van der Waals surface area contributed by atoms with Crippen molar-refractivity contribution in [1.29, 1.82) is 0 Å². The molecule has 2 aromatic rings. The molecule has 1 heterocycles. The molecule has 3 heteroatoms. The van der Waals surface area contributed by atoms with E-state index in [2.05, 4.69) is 4.98 Å². The summed E-state index contributed by atoms with van der Waals surface area (Å²) in [4.78, 5) is 4.28. The van der Waals surface area contributed by atoms with Crippen molar-refractivity contribution in [2.24, 2.45) is 0 Å². The van der Waals surface area contributed by atoms with Crippen LogP contribution in [0.1, 0.15) is 5.56 Å². The van der Waals surface area contributed by atoms with Crippen LogP contribution >= 0.6 is 11.6 Å². The molecule has 0 saturated heterocycles. The summed E-state index contributed by atoms with van der Waals surface area (Å²) in [6, 6.07) is 9.89. The van der Waals surface area contributed by atoms with Crippen LogP contribution in [0.4, 0.5) is 0 Å². The topological polar surface area (TPSA) is 22.1 Å². The van der Waals surface area contributed by atoms with Gasteiger partial charge in [-0.2, -0.15) is 0 Å². The Morgan fingerprint density at radius 2 is 2.14 bits per heavy atom. The molecule has 0 bridgehead atoms. The van der Waals surface area contributed by atoms with Crippen LogP contribution in [0, 0.1) is 0 Å². The van der Waals surface area contributed by atoms with E-state index in [9.17, 15) is 0 Å². The Balaban J connectivity index is 2.59. The van der Waals surface area contributed by atoms with Gasteiger partial charge in [-0.25, -0.2) is 4.98 Å². The highest BCUT2D eigenvalue weighted by Crippen LogP contribution is 2.20. The highest BCUT2D eigenvalue weighted by Gasteiger charge is 2.03. The first-order valence-corrected chi connectivity index (χ1v) is 4.72. The van der Waals surface area contributed by atoms with E-state index in [0.717, 1.165) is 16.5 Å². The van der Waals surface area contributed by atoms with Crippen LogP contribution in [0.15, 0.2) is 30.3 Å². The monoisotopic (exact) mass is 207 g/mol. The van der Waals surface area contributed by atoms with Crippen molar-refractivity contribution in [2.45, 2.75) is 6.61 Å². The van der Waals surface area contributed by atoms with Crippen molar-refractivity contribution in [3.05, 3.63) is 41.0 Å². The molecule has 2 rings (SSSR count). The van der Waals surface area contributed by atoms with Gasteiger partial charge in [-0.05, 0) is 12.1 Å². The van der Waals surface area contributed by atoms with E-state index in [1.165, 1.54) is 0 Å². The maximum atomic E-state index is 5.99. The van der Waals surface area contributed by atoms with Gasteiger partial charge in [0.2, 0.25) is 0 Å². The van der Waals surface area contributed by atoms with Gasteiger partial charge in [0, 0.05) is 18.1 Å². The molecule has 1 aromatic carbocycles. The first-order valence-electron chi connectivity index (χ1n) is 4.34. The molecule has 2 nitrogen and oxygen atoms in total. The van der Waals surface area contributed by atoms with Crippen molar-refractivity contribution in [2.75, 3.05) is 7.11 Å². The lowest BCUT2D eigenvalue weighted by atomic mass is 10.2. The molecule has 72 valence electrons. The van der Waals surface area contributed by atoms with E-state index < -0.39 is 0 Å². The number of methoxy groups -OCH3 is 1. The van der Waals surface area contributed by atoms with Crippen LogP contribution in [-0.2, 0) is 11.3 Å². The Morgan fingerprint density at radius 1 is 1.36 bits per heavy atom. The standard InChI is InChI=1S/C11H10ClNO/c1-14-7-9-6-8-4-2-3-5-10(8)13-11(9)12/h2-6H,7H2,1H3. The maximum absolute atomic E-state index is 5.99. The lowest BCUT2D eigenvalue weighted by Gasteiger charge is -2.04. The van der Waals surface area contributed by atoms with E-state index in [0.29, 0.717) is 11.8 Å². The fourth-order valence-electron chi connectivity index (χ4n) is 1.39. The number of pyridine rings is 1. The zero-order valence-corrected chi connectivity index (χ0v) is 8.58. The van der Waals surface area contributed by atoms with Crippen LogP contribution < -0.4 is 0 Å². The van der Waals surface area contributed by atoms with Crippen molar-refractivity contribution >= 4 is 22.5 Å². The number of benzene rings is 1. The second-order valence-corrected chi connectivity index (χ2v) is 3.42. The SMILES string of the molecule is COCc1cc2ccccc2nc1Cl. The molecule has 0 spiro atoms. The van der Waals surface area contributed by atoms with Gasteiger partial charge in [0.05, 0.1) is 12.1 Å². The predicted molar refractivity (Wildman–Crippen MR) is 57.5 cm³/mol. The quantitative estimate of drug-likeness (QED) is 0.707. The summed E-state index contributed by atoms with van der Waals surface area (Å²) >= 11 is 5.99. The Hall–Kier alpha value is -1.12. The second kappa shape index (κ2) is 3.95. The molecule has 0 aliphatic carbocycles. The molecule has 1 aromatic heterocycles. The number of hydrogen-bond donors (Lipinski definition) is 0. The molecule has 0 aliphatic heterocycles. The molecular formula is C11H10ClNO. The van der Waals surface area contributed by atoms with E-state index in [-0.39, 0.29) is 0 Å². The van der Waals surface area contributed by atoms with Gasteiger partial charge in [-0.15, -0.1) is 0 Å². The highest BCUT2D eigenvalue weighted by molar-refractivity contribution is 6.30. The first kappa shape index (κ1) is 9.44. The van der Waals surface area contributed by atoms with Crippen LogP contribution in [0.25, 0.3) is 10.9 Å². The van der Waals surface area contributed by atoms with Crippen LogP contribution in [-0.4, -0.2) is 12.1 Å². The zero-order chi connectivity index (χ0) is 9.97. The minimum absolute atomic E-state index is 0.497. The largest absolute Gasteiger partial charge is 0.380 e. The number of ether oxygens (including phenoxy) is 1. The molecular weight excluding hydrogens is 198 g/mol. The smallest absolute Gasteiger partial charge is 0.135 e. The number of aromatic nitrogens is 1. The average Bonchev–Trinajstić information content (AvgIpc) is 2.19. The van der Waals surface area contributed by atoms with E-state index in [1.54, 1.807) is 7.11 Å². The second-order valence-electron chi connectivity index (χ2n) is 3.06. The number of para-hydroxylation sites is 1.